The number of carboxylic acids is 1. The molecule has 1 aromatic rings. The van der Waals surface area contributed by atoms with E-state index >= 15 is 0 Å². The van der Waals surface area contributed by atoms with Crippen molar-refractivity contribution >= 4 is 11.9 Å². The highest BCUT2D eigenvalue weighted by Crippen LogP contribution is 2.43. The largest absolute Gasteiger partial charge is 0.490 e. The van der Waals surface area contributed by atoms with Gasteiger partial charge in [0.1, 0.15) is 5.60 Å². The van der Waals surface area contributed by atoms with Gasteiger partial charge in [0.25, 0.3) is 0 Å². The fourth-order valence-electron chi connectivity index (χ4n) is 4.11. The molecule has 2 aliphatic heterocycles. The summed E-state index contributed by atoms with van der Waals surface area (Å²) in [4.78, 5) is 27.3. The van der Waals surface area contributed by atoms with Gasteiger partial charge in [-0.2, -0.15) is 13.2 Å². The van der Waals surface area contributed by atoms with Crippen LogP contribution in [-0.4, -0.2) is 64.9 Å². The zero-order valence-electron chi connectivity index (χ0n) is 17.1. The van der Waals surface area contributed by atoms with Crippen molar-refractivity contribution in [2.75, 3.05) is 26.3 Å². The fraction of sp³-hybridized carbons (Fsp3) is 0.667. The number of nitrogens with zero attached hydrogens (tertiary/aromatic N) is 2. The summed E-state index contributed by atoms with van der Waals surface area (Å²) in [6.07, 6.45) is 3.99. The number of halogens is 3. The number of hydrogen-bond donors (Lipinski definition) is 1. The van der Waals surface area contributed by atoms with Crippen LogP contribution in [0.5, 0.6) is 0 Å². The molecule has 1 aromatic heterocycles. The second-order valence-electron chi connectivity index (χ2n) is 8.23. The van der Waals surface area contributed by atoms with Gasteiger partial charge in [0.15, 0.2) is 0 Å². The number of alkyl halides is 3. The number of rotatable bonds is 6. The van der Waals surface area contributed by atoms with Crippen molar-refractivity contribution in [3.8, 4) is 0 Å². The number of pyridine rings is 1. The molecule has 1 aliphatic carbocycles. The van der Waals surface area contributed by atoms with Crippen LogP contribution in [0.4, 0.5) is 13.2 Å². The Balaban J connectivity index is 0.000000339. The molecule has 2 saturated heterocycles. The van der Waals surface area contributed by atoms with Gasteiger partial charge in [0.2, 0.25) is 5.91 Å². The van der Waals surface area contributed by atoms with Crippen LogP contribution in [0, 0.1) is 11.8 Å². The van der Waals surface area contributed by atoms with Crippen LogP contribution in [0.1, 0.15) is 37.7 Å². The van der Waals surface area contributed by atoms with Gasteiger partial charge < -0.3 is 19.5 Å². The third kappa shape index (κ3) is 5.94. The second kappa shape index (κ2) is 9.95. The van der Waals surface area contributed by atoms with Crippen LogP contribution in [0.3, 0.4) is 0 Å². The minimum atomic E-state index is -5.08. The predicted molar refractivity (Wildman–Crippen MR) is 103 cm³/mol. The van der Waals surface area contributed by atoms with E-state index in [0.717, 1.165) is 57.6 Å². The van der Waals surface area contributed by atoms with Crippen molar-refractivity contribution in [3.63, 3.8) is 0 Å². The molecule has 1 amide bonds. The zero-order valence-corrected chi connectivity index (χ0v) is 17.1. The van der Waals surface area contributed by atoms with Gasteiger partial charge >= 0.3 is 12.1 Å². The Labute approximate surface area is 178 Å². The van der Waals surface area contributed by atoms with Crippen LogP contribution in [0.25, 0.3) is 0 Å². The molecular weight excluding hydrogens is 417 g/mol. The number of carbonyl (C=O) groups excluding carboxylic acids is 1. The molecule has 10 heteroatoms. The van der Waals surface area contributed by atoms with Gasteiger partial charge in [-0.1, -0.05) is 12.5 Å². The molecule has 7 nitrogen and oxygen atoms in total. The maximum atomic E-state index is 12.3. The first-order chi connectivity index (χ1) is 14.7. The number of hydrogen-bond acceptors (Lipinski definition) is 5. The number of ether oxygens (including phenoxy) is 2. The van der Waals surface area contributed by atoms with E-state index < -0.39 is 12.1 Å². The Hall–Kier alpha value is -2.20. The smallest absolute Gasteiger partial charge is 0.475 e. The summed E-state index contributed by atoms with van der Waals surface area (Å²) in [5.41, 5.74) is 1.02. The molecule has 0 bridgehead atoms. The topological polar surface area (TPSA) is 89.0 Å². The van der Waals surface area contributed by atoms with Crippen molar-refractivity contribution in [2.45, 2.75) is 50.5 Å². The van der Waals surface area contributed by atoms with Crippen LogP contribution in [0.15, 0.2) is 24.5 Å². The summed E-state index contributed by atoms with van der Waals surface area (Å²) in [6.45, 7) is 3.74. The van der Waals surface area contributed by atoms with E-state index in [9.17, 15) is 18.0 Å². The summed E-state index contributed by atoms with van der Waals surface area (Å²) in [5, 5.41) is 7.12. The standard InChI is InChI=1S/C19H26N2O3.C2HF3O2/c22-18(16-4-1-5-16)21-13-19(14-21)17(7-10-24-19)6-9-23-12-15-3-2-8-20-11-15;3-2(4,5)1(6)7/h2-3,8,11,16-17H,1,4-7,9-10,12-14H2;(H,6,7). The first-order valence-electron chi connectivity index (χ1n) is 10.4. The average molecular weight is 444 g/mol. The Morgan fingerprint density at radius 1 is 1.29 bits per heavy atom. The van der Waals surface area contributed by atoms with Crippen LogP contribution in [-0.2, 0) is 25.7 Å². The minimum absolute atomic E-state index is 0.0862. The zero-order chi connectivity index (χ0) is 22.5. The SMILES string of the molecule is O=C(C1CCC1)N1CC2(C1)OCCC2CCOCc1cccnc1.O=C(O)C(F)(F)F. The van der Waals surface area contributed by atoms with Crippen molar-refractivity contribution in [1.29, 1.82) is 0 Å². The van der Waals surface area contributed by atoms with Gasteiger partial charge in [-0.25, -0.2) is 4.79 Å². The third-order valence-electron chi connectivity index (χ3n) is 6.13. The lowest BCUT2D eigenvalue weighted by molar-refractivity contribution is -0.192. The van der Waals surface area contributed by atoms with Crippen LogP contribution < -0.4 is 0 Å². The summed E-state index contributed by atoms with van der Waals surface area (Å²) in [5.74, 6) is -1.59. The summed E-state index contributed by atoms with van der Waals surface area (Å²) >= 11 is 0. The monoisotopic (exact) mass is 444 g/mol. The molecule has 1 saturated carbocycles. The Morgan fingerprint density at radius 2 is 2.00 bits per heavy atom. The predicted octanol–water partition coefficient (Wildman–Crippen LogP) is 3.04. The molecule has 1 unspecified atom stereocenters. The summed E-state index contributed by atoms with van der Waals surface area (Å²) in [6, 6.07) is 3.96. The van der Waals surface area contributed by atoms with E-state index in [-0.39, 0.29) is 5.60 Å². The molecule has 1 spiro atoms. The third-order valence-corrected chi connectivity index (χ3v) is 6.13. The number of carboxylic acid groups (broad SMARTS) is 1. The highest BCUT2D eigenvalue weighted by Gasteiger charge is 2.54. The van der Waals surface area contributed by atoms with Crippen LogP contribution >= 0.6 is 0 Å². The van der Waals surface area contributed by atoms with Crippen molar-refractivity contribution in [3.05, 3.63) is 30.1 Å². The molecule has 172 valence electrons. The normalized spacial score (nSPS) is 22.3. The van der Waals surface area contributed by atoms with E-state index in [1.54, 1.807) is 6.20 Å². The Morgan fingerprint density at radius 3 is 2.55 bits per heavy atom. The number of aliphatic carboxylic acids is 1. The lowest BCUT2D eigenvalue weighted by Crippen LogP contribution is -2.67. The first-order valence-corrected chi connectivity index (χ1v) is 10.4. The molecule has 4 rings (SSSR count). The molecule has 1 N–H and O–H groups in total. The quantitative estimate of drug-likeness (QED) is 0.679. The maximum absolute atomic E-state index is 12.3. The van der Waals surface area contributed by atoms with E-state index in [0.29, 0.717) is 24.3 Å². The minimum Gasteiger partial charge on any atom is -0.475 e. The van der Waals surface area contributed by atoms with E-state index in [1.165, 1.54) is 6.42 Å². The highest BCUT2D eigenvalue weighted by molar-refractivity contribution is 5.80. The molecular formula is C21H27F3N2O5. The highest BCUT2D eigenvalue weighted by atomic mass is 19.4. The van der Waals surface area contributed by atoms with Gasteiger partial charge in [0.05, 0.1) is 19.7 Å². The number of likely N-dealkylation sites (tertiary alicyclic amines) is 1. The Bertz CT molecular complexity index is 749. The van der Waals surface area contributed by atoms with Crippen molar-refractivity contribution < 1.29 is 37.3 Å². The summed E-state index contributed by atoms with van der Waals surface area (Å²) in [7, 11) is 0. The molecule has 3 heterocycles. The van der Waals surface area contributed by atoms with Crippen LogP contribution in [0.2, 0.25) is 0 Å². The van der Waals surface area contributed by atoms with Gasteiger partial charge in [-0.05, 0) is 43.2 Å². The van der Waals surface area contributed by atoms with E-state index in [2.05, 4.69) is 4.98 Å². The van der Waals surface area contributed by atoms with Gasteiger partial charge in [-0.3, -0.25) is 9.78 Å². The van der Waals surface area contributed by atoms with E-state index in [1.807, 2.05) is 23.2 Å². The molecule has 3 fully saturated rings. The molecule has 1 atom stereocenters. The number of aromatic nitrogens is 1. The van der Waals surface area contributed by atoms with Crippen molar-refractivity contribution in [2.24, 2.45) is 11.8 Å². The molecule has 0 radical (unpaired) electrons. The molecule has 0 aromatic carbocycles. The lowest BCUT2D eigenvalue weighted by atomic mass is 9.77. The fourth-order valence-corrected chi connectivity index (χ4v) is 4.11. The van der Waals surface area contributed by atoms with E-state index in [4.69, 9.17) is 19.4 Å². The van der Waals surface area contributed by atoms with Gasteiger partial charge in [0, 0.05) is 31.5 Å². The van der Waals surface area contributed by atoms with Gasteiger partial charge in [-0.15, -0.1) is 0 Å². The van der Waals surface area contributed by atoms with Crippen molar-refractivity contribution in [1.82, 2.24) is 9.88 Å². The molecule has 3 aliphatic rings. The average Bonchev–Trinajstić information content (AvgIpc) is 3.07. The number of carbonyl (C=O) groups is 2. The second-order valence-corrected chi connectivity index (χ2v) is 8.23. The molecule has 31 heavy (non-hydrogen) atoms. The maximum Gasteiger partial charge on any atom is 0.490 e. The lowest BCUT2D eigenvalue weighted by Gasteiger charge is -2.51. The number of amides is 1. The summed E-state index contributed by atoms with van der Waals surface area (Å²) < 4.78 is 43.6. The first kappa shape index (κ1) is 23.5. The Kier molecular flexibility index (Phi) is 7.53.